The maximum absolute atomic E-state index is 11.7. The first-order valence-electron chi connectivity index (χ1n) is 6.03. The van der Waals surface area contributed by atoms with Gasteiger partial charge in [0.25, 0.3) is 0 Å². The summed E-state index contributed by atoms with van der Waals surface area (Å²) in [5.41, 5.74) is 0. The average molecular weight is 262 g/mol. The molecule has 0 aromatic carbocycles. The molecule has 1 N–H and O–H groups in total. The molecule has 1 amide bonds. The Kier molecular flexibility index (Phi) is 4.01. The second-order valence-electron chi connectivity index (χ2n) is 4.51. The second-order valence-corrected chi connectivity index (χ2v) is 4.51. The summed E-state index contributed by atoms with van der Waals surface area (Å²) in [7, 11) is 5.37. The maximum atomic E-state index is 11.7. The maximum Gasteiger partial charge on any atom is 0.236 e. The molecule has 1 unspecified atom stereocenters. The third kappa shape index (κ3) is 3.03. The van der Waals surface area contributed by atoms with Crippen LogP contribution in [-0.4, -0.2) is 41.0 Å². The van der Waals surface area contributed by atoms with Crippen LogP contribution in [0, 0.1) is 0 Å². The molecule has 0 radical (unpaired) electrons. The van der Waals surface area contributed by atoms with E-state index in [9.17, 15) is 4.79 Å². The van der Waals surface area contributed by atoms with Gasteiger partial charge in [-0.1, -0.05) is 0 Å². The summed E-state index contributed by atoms with van der Waals surface area (Å²) in [5, 5.41) is 3.18. The lowest BCUT2D eigenvalue weighted by Crippen LogP contribution is -2.36. The zero-order valence-electron chi connectivity index (χ0n) is 11.3. The van der Waals surface area contributed by atoms with Gasteiger partial charge in [0.1, 0.15) is 17.6 Å². The van der Waals surface area contributed by atoms with Crippen LogP contribution in [0.2, 0.25) is 0 Å². The quantitative estimate of drug-likeness (QED) is 0.865. The van der Waals surface area contributed by atoms with Crippen molar-refractivity contribution in [3.8, 4) is 0 Å². The summed E-state index contributed by atoms with van der Waals surface area (Å²) in [6.45, 7) is 0.227. The van der Waals surface area contributed by atoms with Crippen LogP contribution in [0.3, 0.4) is 0 Å². The number of carbonyl (C=O) groups is 1. The van der Waals surface area contributed by atoms with E-state index in [1.807, 2.05) is 29.9 Å². The normalized spacial score (nSPS) is 12.4. The van der Waals surface area contributed by atoms with E-state index in [1.165, 1.54) is 0 Å². The number of hydrogen-bond acceptors (Lipinski definition) is 4. The molecule has 0 bridgehead atoms. The highest BCUT2D eigenvalue weighted by atomic mass is 16.3. The van der Waals surface area contributed by atoms with Gasteiger partial charge >= 0.3 is 0 Å². The van der Waals surface area contributed by atoms with E-state index in [0.29, 0.717) is 0 Å². The van der Waals surface area contributed by atoms with Crippen LogP contribution in [0.4, 0.5) is 0 Å². The predicted octanol–water partition coefficient (Wildman–Crippen LogP) is 0.780. The number of furan rings is 1. The molecule has 6 nitrogen and oxygen atoms in total. The molecular weight excluding hydrogens is 244 g/mol. The van der Waals surface area contributed by atoms with E-state index in [4.69, 9.17) is 4.42 Å². The Hall–Kier alpha value is -2.08. The fourth-order valence-electron chi connectivity index (χ4n) is 1.78. The van der Waals surface area contributed by atoms with Gasteiger partial charge in [0.05, 0.1) is 12.8 Å². The lowest BCUT2D eigenvalue weighted by Gasteiger charge is -2.18. The smallest absolute Gasteiger partial charge is 0.236 e. The highest BCUT2D eigenvalue weighted by Gasteiger charge is 2.21. The number of nitrogens with one attached hydrogen (secondary N) is 1. The van der Waals surface area contributed by atoms with Crippen molar-refractivity contribution < 1.29 is 9.21 Å². The minimum absolute atomic E-state index is 0.00534. The van der Waals surface area contributed by atoms with Crippen molar-refractivity contribution in [2.24, 2.45) is 7.05 Å². The van der Waals surface area contributed by atoms with Crippen LogP contribution in [0.15, 0.2) is 35.2 Å². The zero-order chi connectivity index (χ0) is 13.8. The Morgan fingerprint density at radius 2 is 2.37 bits per heavy atom. The molecule has 2 aromatic rings. The third-order valence-electron chi connectivity index (χ3n) is 2.90. The van der Waals surface area contributed by atoms with Crippen LogP contribution in [0.25, 0.3) is 0 Å². The van der Waals surface area contributed by atoms with Crippen molar-refractivity contribution in [1.29, 1.82) is 0 Å². The number of rotatable bonds is 5. The topological polar surface area (TPSA) is 63.3 Å². The molecule has 0 saturated carbocycles. The average Bonchev–Trinajstić information content (AvgIpc) is 3.02. The Morgan fingerprint density at radius 1 is 1.58 bits per heavy atom. The van der Waals surface area contributed by atoms with Crippen molar-refractivity contribution in [3.05, 3.63) is 42.4 Å². The van der Waals surface area contributed by atoms with E-state index in [1.54, 1.807) is 31.5 Å². The molecular formula is C13H18N4O2. The minimum atomic E-state index is -0.237. The first-order valence-corrected chi connectivity index (χ1v) is 6.03. The summed E-state index contributed by atoms with van der Waals surface area (Å²) >= 11 is 0. The SMILES string of the molecule is CN(C)C(=O)CNC(c1ccco1)c1nccn1C. The van der Waals surface area contributed by atoms with E-state index in [-0.39, 0.29) is 18.5 Å². The van der Waals surface area contributed by atoms with Gasteiger partial charge in [0.2, 0.25) is 5.91 Å². The number of hydrogen-bond donors (Lipinski definition) is 1. The molecule has 2 rings (SSSR count). The molecule has 0 saturated heterocycles. The molecule has 6 heteroatoms. The van der Waals surface area contributed by atoms with Crippen LogP contribution in [0.1, 0.15) is 17.6 Å². The molecule has 0 aliphatic heterocycles. The number of likely N-dealkylation sites (N-methyl/N-ethyl adjacent to an activating group) is 1. The minimum Gasteiger partial charge on any atom is -0.467 e. The lowest BCUT2D eigenvalue weighted by atomic mass is 10.2. The summed E-state index contributed by atoms with van der Waals surface area (Å²) < 4.78 is 7.33. The van der Waals surface area contributed by atoms with Gasteiger partial charge in [0.15, 0.2) is 0 Å². The highest BCUT2D eigenvalue weighted by molar-refractivity contribution is 5.77. The van der Waals surface area contributed by atoms with Crippen molar-refractivity contribution in [2.45, 2.75) is 6.04 Å². The summed E-state index contributed by atoms with van der Waals surface area (Å²) in [5.74, 6) is 1.55. The van der Waals surface area contributed by atoms with Gasteiger partial charge in [-0.3, -0.25) is 10.1 Å². The van der Waals surface area contributed by atoms with Crippen LogP contribution in [-0.2, 0) is 11.8 Å². The van der Waals surface area contributed by atoms with Gasteiger partial charge in [-0.05, 0) is 12.1 Å². The lowest BCUT2D eigenvalue weighted by molar-refractivity contribution is -0.127. The Morgan fingerprint density at radius 3 is 2.89 bits per heavy atom. The van der Waals surface area contributed by atoms with Gasteiger partial charge < -0.3 is 13.9 Å². The Bertz CT molecular complexity index is 531. The summed E-state index contributed by atoms with van der Waals surface area (Å²) in [4.78, 5) is 17.5. The molecule has 2 heterocycles. The zero-order valence-corrected chi connectivity index (χ0v) is 11.3. The van der Waals surface area contributed by atoms with Crippen LogP contribution in [0.5, 0.6) is 0 Å². The van der Waals surface area contributed by atoms with E-state index in [2.05, 4.69) is 10.3 Å². The number of nitrogens with zero attached hydrogens (tertiary/aromatic N) is 3. The van der Waals surface area contributed by atoms with Gasteiger partial charge in [-0.2, -0.15) is 0 Å². The van der Waals surface area contributed by atoms with Gasteiger partial charge in [-0.15, -0.1) is 0 Å². The molecule has 0 aliphatic rings. The number of aromatic nitrogens is 2. The van der Waals surface area contributed by atoms with Crippen molar-refractivity contribution >= 4 is 5.91 Å². The molecule has 102 valence electrons. The predicted molar refractivity (Wildman–Crippen MR) is 70.5 cm³/mol. The molecule has 2 aromatic heterocycles. The standard InChI is InChI=1S/C13H18N4O2/c1-16(2)11(18)9-15-12(10-5-4-8-19-10)13-14-6-7-17(13)3/h4-8,12,15H,9H2,1-3H3. The second kappa shape index (κ2) is 5.71. The Balaban J connectivity index is 2.17. The number of imidazole rings is 1. The van der Waals surface area contributed by atoms with Gasteiger partial charge in [-0.25, -0.2) is 4.98 Å². The van der Waals surface area contributed by atoms with E-state index < -0.39 is 0 Å². The van der Waals surface area contributed by atoms with Crippen LogP contribution < -0.4 is 5.32 Å². The summed E-state index contributed by atoms with van der Waals surface area (Å²) in [6, 6.07) is 3.45. The van der Waals surface area contributed by atoms with Crippen molar-refractivity contribution in [2.75, 3.05) is 20.6 Å². The van der Waals surface area contributed by atoms with Gasteiger partial charge in [0, 0.05) is 33.5 Å². The monoisotopic (exact) mass is 262 g/mol. The van der Waals surface area contributed by atoms with Crippen molar-refractivity contribution in [1.82, 2.24) is 19.8 Å². The number of carbonyl (C=O) groups excluding carboxylic acids is 1. The largest absolute Gasteiger partial charge is 0.467 e. The molecule has 19 heavy (non-hydrogen) atoms. The van der Waals surface area contributed by atoms with E-state index >= 15 is 0 Å². The fraction of sp³-hybridized carbons (Fsp3) is 0.385. The number of amides is 1. The fourth-order valence-corrected chi connectivity index (χ4v) is 1.78. The number of aryl methyl sites for hydroxylation is 1. The molecule has 1 atom stereocenters. The third-order valence-corrected chi connectivity index (χ3v) is 2.90. The molecule has 0 fully saturated rings. The Labute approximate surface area is 112 Å². The van der Waals surface area contributed by atoms with Crippen LogP contribution >= 0.6 is 0 Å². The summed E-state index contributed by atoms with van der Waals surface area (Å²) in [6.07, 6.45) is 5.20. The molecule has 0 spiro atoms. The first-order chi connectivity index (χ1) is 9.09. The van der Waals surface area contributed by atoms with Crippen molar-refractivity contribution in [3.63, 3.8) is 0 Å². The first kappa shape index (κ1) is 13.4. The highest BCUT2D eigenvalue weighted by Crippen LogP contribution is 2.20. The van der Waals surface area contributed by atoms with E-state index in [0.717, 1.165) is 11.6 Å². The molecule has 0 aliphatic carbocycles.